The molecule has 1 N–H and O–H groups in total. The molecule has 0 bridgehead atoms. The smallest absolute Gasteiger partial charge is 0.336 e. The summed E-state index contributed by atoms with van der Waals surface area (Å²) in [7, 11) is 0. The van der Waals surface area contributed by atoms with Crippen LogP contribution in [0.4, 0.5) is 5.69 Å². The molecule has 5 heteroatoms. The molecule has 1 rings (SSSR count). The molecule has 0 aliphatic carbocycles. The van der Waals surface area contributed by atoms with Crippen molar-refractivity contribution in [3.63, 3.8) is 0 Å². The molecule has 0 fully saturated rings. The van der Waals surface area contributed by atoms with Crippen LogP contribution in [0.5, 0.6) is 0 Å². The quantitative estimate of drug-likeness (QED) is 0.907. The van der Waals surface area contributed by atoms with Gasteiger partial charge in [-0.15, -0.1) is 0 Å². The van der Waals surface area contributed by atoms with Crippen molar-refractivity contribution in [1.82, 2.24) is 0 Å². The van der Waals surface area contributed by atoms with Crippen molar-refractivity contribution in [2.24, 2.45) is 0 Å². The average Bonchev–Trinajstić information content (AvgIpc) is 2.29. The second kappa shape index (κ2) is 6.26. The third-order valence-corrected chi connectivity index (χ3v) is 3.08. The van der Waals surface area contributed by atoms with Crippen LogP contribution in [0.2, 0.25) is 0 Å². The Kier molecular flexibility index (Phi) is 4.98. The third-order valence-electron chi connectivity index (χ3n) is 2.42. The van der Waals surface area contributed by atoms with Crippen molar-refractivity contribution < 1.29 is 9.90 Å². The molecule has 1 aromatic carbocycles. The number of rotatable bonds is 5. The lowest BCUT2D eigenvalue weighted by Crippen LogP contribution is -2.23. The van der Waals surface area contributed by atoms with Crippen LogP contribution >= 0.6 is 15.9 Å². The highest BCUT2D eigenvalue weighted by molar-refractivity contribution is 9.10. The predicted octanol–water partition coefficient (Wildman–Crippen LogP) is 2.89. The van der Waals surface area contributed by atoms with Gasteiger partial charge in [0.25, 0.3) is 0 Å². The first-order valence-electron chi connectivity index (χ1n) is 5.25. The Bertz CT molecular complexity index is 454. The second-order valence-electron chi connectivity index (χ2n) is 3.46. The van der Waals surface area contributed by atoms with Crippen LogP contribution in [-0.2, 0) is 0 Å². The molecule has 1 aromatic rings. The number of carbonyl (C=O) groups is 1. The maximum atomic E-state index is 10.9. The van der Waals surface area contributed by atoms with E-state index in [0.29, 0.717) is 17.4 Å². The molecule has 0 atom stereocenters. The van der Waals surface area contributed by atoms with Crippen LogP contribution in [0.1, 0.15) is 23.7 Å². The van der Waals surface area contributed by atoms with E-state index >= 15 is 0 Å². The summed E-state index contributed by atoms with van der Waals surface area (Å²) in [5, 5.41) is 17.5. The van der Waals surface area contributed by atoms with Gasteiger partial charge >= 0.3 is 5.97 Å². The lowest BCUT2D eigenvalue weighted by molar-refractivity contribution is 0.0696. The normalized spacial score (nSPS) is 9.71. The highest BCUT2D eigenvalue weighted by Crippen LogP contribution is 2.24. The maximum Gasteiger partial charge on any atom is 0.336 e. The minimum absolute atomic E-state index is 0.241. The first kappa shape index (κ1) is 13.5. The van der Waals surface area contributed by atoms with Crippen LogP contribution in [0.15, 0.2) is 22.7 Å². The number of aromatic carboxylic acids is 1. The molecule has 0 aromatic heterocycles. The first-order chi connectivity index (χ1) is 8.10. The molecular weight excluding hydrogens is 284 g/mol. The summed E-state index contributed by atoms with van der Waals surface area (Å²) in [4.78, 5) is 12.9. The number of benzene rings is 1. The molecule has 0 spiro atoms. The van der Waals surface area contributed by atoms with E-state index in [-0.39, 0.29) is 5.56 Å². The van der Waals surface area contributed by atoms with Gasteiger partial charge in [-0.2, -0.15) is 5.26 Å². The highest BCUT2D eigenvalue weighted by Gasteiger charge is 2.11. The first-order valence-corrected chi connectivity index (χ1v) is 6.04. The largest absolute Gasteiger partial charge is 0.478 e. The molecule has 4 nitrogen and oxygen atoms in total. The Balaban J connectivity index is 2.95. The van der Waals surface area contributed by atoms with Crippen LogP contribution in [-0.4, -0.2) is 24.2 Å². The Morgan fingerprint density at radius 2 is 2.29 bits per heavy atom. The number of anilines is 1. The van der Waals surface area contributed by atoms with Crippen molar-refractivity contribution in [1.29, 1.82) is 5.26 Å². The van der Waals surface area contributed by atoms with E-state index < -0.39 is 5.97 Å². The molecule has 0 aliphatic heterocycles. The molecule has 0 unspecified atom stereocenters. The average molecular weight is 297 g/mol. The van der Waals surface area contributed by atoms with E-state index in [1.54, 1.807) is 18.2 Å². The van der Waals surface area contributed by atoms with Gasteiger partial charge in [0, 0.05) is 23.2 Å². The number of hydrogen-bond donors (Lipinski definition) is 1. The van der Waals surface area contributed by atoms with Gasteiger partial charge in [0.2, 0.25) is 0 Å². The highest BCUT2D eigenvalue weighted by atomic mass is 79.9. The minimum Gasteiger partial charge on any atom is -0.478 e. The van der Waals surface area contributed by atoms with E-state index in [1.165, 1.54) is 0 Å². The topological polar surface area (TPSA) is 64.3 Å². The fraction of sp³-hybridized carbons (Fsp3) is 0.333. The van der Waals surface area contributed by atoms with Crippen LogP contribution in [0.3, 0.4) is 0 Å². The van der Waals surface area contributed by atoms with Gasteiger partial charge in [-0.05, 0) is 41.1 Å². The molecular formula is C12H13BrN2O2. The van der Waals surface area contributed by atoms with Crippen molar-refractivity contribution in [3.05, 3.63) is 28.2 Å². The minimum atomic E-state index is -0.955. The number of nitrogens with zero attached hydrogens (tertiary/aromatic N) is 2. The van der Waals surface area contributed by atoms with Gasteiger partial charge in [0.05, 0.1) is 18.1 Å². The number of nitriles is 1. The summed E-state index contributed by atoms with van der Waals surface area (Å²) in [6.07, 6.45) is 0.451. The maximum absolute atomic E-state index is 10.9. The van der Waals surface area contributed by atoms with E-state index in [0.717, 1.165) is 12.2 Å². The lowest BCUT2D eigenvalue weighted by atomic mass is 10.2. The zero-order valence-corrected chi connectivity index (χ0v) is 11.1. The van der Waals surface area contributed by atoms with E-state index in [1.807, 2.05) is 11.8 Å². The van der Waals surface area contributed by atoms with Gasteiger partial charge in [-0.1, -0.05) is 0 Å². The monoisotopic (exact) mass is 296 g/mol. The Morgan fingerprint density at radius 1 is 1.59 bits per heavy atom. The zero-order chi connectivity index (χ0) is 12.8. The van der Waals surface area contributed by atoms with Crippen molar-refractivity contribution in [2.45, 2.75) is 13.3 Å². The Hall–Kier alpha value is -1.54. The van der Waals surface area contributed by atoms with Crippen LogP contribution < -0.4 is 4.90 Å². The Labute approximate surface area is 109 Å². The standard InChI is InChI=1S/C12H13BrN2O2/c1-2-15(7-3-6-14)9-4-5-10(12(16)17)11(13)8-9/h4-5,8H,2-3,7H2,1H3,(H,16,17). The van der Waals surface area contributed by atoms with E-state index in [2.05, 4.69) is 22.0 Å². The summed E-state index contributed by atoms with van der Waals surface area (Å²) in [6.45, 7) is 3.42. The van der Waals surface area contributed by atoms with Gasteiger partial charge < -0.3 is 10.0 Å². The van der Waals surface area contributed by atoms with Gasteiger partial charge in [-0.3, -0.25) is 0 Å². The zero-order valence-electron chi connectivity index (χ0n) is 9.48. The summed E-state index contributed by atoms with van der Waals surface area (Å²) < 4.78 is 0.554. The predicted molar refractivity (Wildman–Crippen MR) is 69.2 cm³/mol. The molecule has 0 heterocycles. The van der Waals surface area contributed by atoms with Crippen LogP contribution in [0.25, 0.3) is 0 Å². The number of hydrogen-bond acceptors (Lipinski definition) is 3. The number of carboxylic acids is 1. The molecule has 0 amide bonds. The second-order valence-corrected chi connectivity index (χ2v) is 4.31. The van der Waals surface area contributed by atoms with Gasteiger partial charge in [0.15, 0.2) is 0 Å². The van der Waals surface area contributed by atoms with Crippen molar-refractivity contribution in [3.8, 4) is 6.07 Å². The molecule has 0 saturated carbocycles. The fourth-order valence-electron chi connectivity index (χ4n) is 1.53. The summed E-state index contributed by atoms with van der Waals surface area (Å²) in [6, 6.07) is 7.19. The van der Waals surface area contributed by atoms with Crippen molar-refractivity contribution >= 4 is 27.6 Å². The summed E-state index contributed by atoms with van der Waals surface area (Å²) >= 11 is 3.24. The van der Waals surface area contributed by atoms with Crippen molar-refractivity contribution in [2.75, 3.05) is 18.0 Å². The number of halogens is 1. The van der Waals surface area contributed by atoms with E-state index in [9.17, 15) is 4.79 Å². The molecule has 0 radical (unpaired) electrons. The number of carboxylic acid groups (broad SMARTS) is 1. The summed E-state index contributed by atoms with van der Waals surface area (Å²) in [5.74, 6) is -0.955. The molecule has 0 aliphatic rings. The molecule has 17 heavy (non-hydrogen) atoms. The Morgan fingerprint density at radius 3 is 2.76 bits per heavy atom. The third kappa shape index (κ3) is 3.46. The van der Waals surface area contributed by atoms with Gasteiger partial charge in [0.1, 0.15) is 0 Å². The molecule has 90 valence electrons. The van der Waals surface area contributed by atoms with Gasteiger partial charge in [-0.25, -0.2) is 4.79 Å². The SMILES string of the molecule is CCN(CCC#N)c1ccc(C(=O)O)c(Br)c1. The molecule has 0 saturated heterocycles. The fourth-order valence-corrected chi connectivity index (χ4v) is 2.07. The summed E-state index contributed by atoms with van der Waals surface area (Å²) in [5.41, 5.74) is 1.16. The van der Waals surface area contributed by atoms with Crippen LogP contribution in [0, 0.1) is 11.3 Å². The lowest BCUT2D eigenvalue weighted by Gasteiger charge is -2.22. The van der Waals surface area contributed by atoms with E-state index in [4.69, 9.17) is 10.4 Å².